The van der Waals surface area contributed by atoms with Crippen LogP contribution in [0.1, 0.15) is 18.4 Å². The summed E-state index contributed by atoms with van der Waals surface area (Å²) in [7, 11) is 0. The van der Waals surface area contributed by atoms with E-state index < -0.39 is 0 Å². The summed E-state index contributed by atoms with van der Waals surface area (Å²) >= 11 is 0. The molecular weight excluding hydrogens is 226 g/mol. The summed E-state index contributed by atoms with van der Waals surface area (Å²) in [5.74, 6) is 0.402. The monoisotopic (exact) mass is 249 g/mol. The Labute approximate surface area is 109 Å². The fraction of sp³-hybridized carbons (Fsp3) is 0.571. The van der Waals surface area contributed by atoms with Crippen LogP contribution in [0.5, 0.6) is 0 Å². The SMILES string of the molecule is CC(c1ccccc1)C(CN)NN1CCOCC1. The standard InChI is InChI=1S/C14H23N3O/c1-12(13-5-3-2-4-6-13)14(11-15)16-17-7-9-18-10-8-17/h2-6,12,14,16H,7-11,15H2,1H3. The Hall–Kier alpha value is -0.940. The van der Waals surface area contributed by atoms with Gasteiger partial charge in [-0.1, -0.05) is 37.3 Å². The molecular formula is C14H23N3O. The topological polar surface area (TPSA) is 50.5 Å². The van der Waals surface area contributed by atoms with Crippen LogP contribution in [-0.4, -0.2) is 43.9 Å². The average molecular weight is 249 g/mol. The summed E-state index contributed by atoms with van der Waals surface area (Å²) in [5.41, 5.74) is 10.8. The molecule has 2 unspecified atom stereocenters. The molecule has 2 atom stereocenters. The summed E-state index contributed by atoms with van der Waals surface area (Å²) in [4.78, 5) is 0. The predicted octanol–water partition coefficient (Wildman–Crippen LogP) is 0.954. The van der Waals surface area contributed by atoms with Crippen LogP contribution in [0, 0.1) is 0 Å². The van der Waals surface area contributed by atoms with Gasteiger partial charge in [-0.25, -0.2) is 5.01 Å². The summed E-state index contributed by atoms with van der Waals surface area (Å²) < 4.78 is 5.35. The van der Waals surface area contributed by atoms with E-state index in [4.69, 9.17) is 10.5 Å². The zero-order valence-corrected chi connectivity index (χ0v) is 11.0. The third-order valence-corrected chi connectivity index (χ3v) is 3.54. The van der Waals surface area contributed by atoms with Crippen molar-refractivity contribution in [2.45, 2.75) is 18.9 Å². The van der Waals surface area contributed by atoms with E-state index in [1.165, 1.54) is 5.56 Å². The van der Waals surface area contributed by atoms with Crippen molar-refractivity contribution in [3.05, 3.63) is 35.9 Å². The fourth-order valence-corrected chi connectivity index (χ4v) is 2.28. The van der Waals surface area contributed by atoms with Crippen molar-refractivity contribution in [1.29, 1.82) is 0 Å². The van der Waals surface area contributed by atoms with Crippen molar-refractivity contribution in [3.8, 4) is 0 Å². The highest BCUT2D eigenvalue weighted by Gasteiger charge is 2.20. The molecule has 2 rings (SSSR count). The van der Waals surface area contributed by atoms with Gasteiger partial charge in [-0.15, -0.1) is 0 Å². The lowest BCUT2D eigenvalue weighted by Crippen LogP contribution is -2.53. The maximum atomic E-state index is 5.91. The quantitative estimate of drug-likeness (QED) is 0.816. The van der Waals surface area contributed by atoms with Gasteiger partial charge in [0.05, 0.1) is 13.2 Å². The fourth-order valence-electron chi connectivity index (χ4n) is 2.28. The molecule has 0 radical (unpaired) electrons. The maximum absolute atomic E-state index is 5.91. The molecule has 4 nitrogen and oxygen atoms in total. The molecule has 1 heterocycles. The summed E-state index contributed by atoms with van der Waals surface area (Å²) in [5, 5.41) is 2.22. The number of nitrogens with one attached hydrogen (secondary N) is 1. The largest absolute Gasteiger partial charge is 0.379 e. The van der Waals surface area contributed by atoms with E-state index in [1.54, 1.807) is 0 Å². The van der Waals surface area contributed by atoms with Gasteiger partial charge in [0.1, 0.15) is 0 Å². The van der Waals surface area contributed by atoms with Crippen molar-refractivity contribution >= 4 is 0 Å². The molecule has 4 heteroatoms. The molecule has 0 aliphatic carbocycles. The Balaban J connectivity index is 1.95. The predicted molar refractivity (Wildman–Crippen MR) is 73.2 cm³/mol. The van der Waals surface area contributed by atoms with Gasteiger partial charge in [0.2, 0.25) is 0 Å². The van der Waals surface area contributed by atoms with Crippen molar-refractivity contribution in [2.75, 3.05) is 32.8 Å². The van der Waals surface area contributed by atoms with E-state index in [0.717, 1.165) is 26.3 Å². The zero-order valence-electron chi connectivity index (χ0n) is 11.0. The van der Waals surface area contributed by atoms with Crippen LogP contribution in [0.4, 0.5) is 0 Å². The van der Waals surface area contributed by atoms with Crippen LogP contribution in [0.15, 0.2) is 30.3 Å². The second kappa shape index (κ2) is 6.85. The normalized spacial score (nSPS) is 20.6. The van der Waals surface area contributed by atoms with Crippen molar-refractivity contribution in [2.24, 2.45) is 5.73 Å². The number of hydrogen-bond acceptors (Lipinski definition) is 4. The average Bonchev–Trinajstić information content (AvgIpc) is 2.46. The molecule has 1 saturated heterocycles. The highest BCUT2D eigenvalue weighted by Crippen LogP contribution is 2.18. The highest BCUT2D eigenvalue weighted by atomic mass is 16.5. The van der Waals surface area contributed by atoms with E-state index in [2.05, 4.69) is 41.6 Å². The Morgan fingerprint density at radius 3 is 2.56 bits per heavy atom. The minimum Gasteiger partial charge on any atom is -0.379 e. The molecule has 1 aromatic carbocycles. The van der Waals surface area contributed by atoms with Gasteiger partial charge < -0.3 is 10.5 Å². The molecule has 0 saturated carbocycles. The number of morpholine rings is 1. The molecule has 100 valence electrons. The first-order chi connectivity index (χ1) is 8.81. The van der Waals surface area contributed by atoms with Gasteiger partial charge in [0, 0.05) is 25.7 Å². The Morgan fingerprint density at radius 1 is 1.28 bits per heavy atom. The van der Waals surface area contributed by atoms with Crippen LogP contribution in [-0.2, 0) is 4.74 Å². The second-order valence-corrected chi connectivity index (χ2v) is 4.77. The van der Waals surface area contributed by atoms with Gasteiger partial charge in [0.15, 0.2) is 0 Å². The van der Waals surface area contributed by atoms with Crippen molar-refractivity contribution in [1.82, 2.24) is 10.4 Å². The lowest BCUT2D eigenvalue weighted by atomic mass is 9.94. The van der Waals surface area contributed by atoms with Gasteiger partial charge in [-0.2, -0.15) is 0 Å². The molecule has 0 bridgehead atoms. The first-order valence-electron chi connectivity index (χ1n) is 6.65. The van der Waals surface area contributed by atoms with Crippen LogP contribution >= 0.6 is 0 Å². The molecule has 0 spiro atoms. The van der Waals surface area contributed by atoms with Gasteiger partial charge >= 0.3 is 0 Å². The first kappa shape index (κ1) is 13.5. The summed E-state index contributed by atoms with van der Waals surface area (Å²) in [6.45, 7) is 6.30. The number of rotatable bonds is 5. The molecule has 1 fully saturated rings. The van der Waals surface area contributed by atoms with E-state index in [0.29, 0.717) is 12.5 Å². The van der Waals surface area contributed by atoms with Crippen LogP contribution in [0.2, 0.25) is 0 Å². The molecule has 1 aliphatic heterocycles. The number of hydrogen-bond donors (Lipinski definition) is 2. The third kappa shape index (κ3) is 3.53. The Bertz CT molecular complexity index is 338. The van der Waals surface area contributed by atoms with Crippen molar-refractivity contribution in [3.63, 3.8) is 0 Å². The minimum atomic E-state index is 0.269. The van der Waals surface area contributed by atoms with E-state index in [1.807, 2.05) is 6.07 Å². The van der Waals surface area contributed by atoms with Gasteiger partial charge in [-0.05, 0) is 11.5 Å². The summed E-state index contributed by atoms with van der Waals surface area (Å²) in [6, 6.07) is 10.8. The lowest BCUT2D eigenvalue weighted by Gasteiger charge is -2.34. The number of benzene rings is 1. The molecule has 0 amide bonds. The number of nitrogens with zero attached hydrogens (tertiary/aromatic N) is 1. The smallest absolute Gasteiger partial charge is 0.0608 e. The van der Waals surface area contributed by atoms with Gasteiger partial charge in [-0.3, -0.25) is 5.43 Å². The minimum absolute atomic E-state index is 0.269. The van der Waals surface area contributed by atoms with Crippen LogP contribution in [0.3, 0.4) is 0 Å². The first-order valence-corrected chi connectivity index (χ1v) is 6.65. The third-order valence-electron chi connectivity index (χ3n) is 3.54. The number of nitrogens with two attached hydrogens (primary N) is 1. The van der Waals surface area contributed by atoms with Crippen LogP contribution < -0.4 is 11.2 Å². The number of hydrazine groups is 1. The molecule has 0 aromatic heterocycles. The molecule has 1 aromatic rings. The molecule has 18 heavy (non-hydrogen) atoms. The van der Waals surface area contributed by atoms with Crippen LogP contribution in [0.25, 0.3) is 0 Å². The van der Waals surface area contributed by atoms with E-state index >= 15 is 0 Å². The lowest BCUT2D eigenvalue weighted by molar-refractivity contribution is 0.00241. The maximum Gasteiger partial charge on any atom is 0.0608 e. The number of ether oxygens (including phenoxy) is 1. The molecule has 3 N–H and O–H groups in total. The Kier molecular flexibility index (Phi) is 5.13. The molecule has 1 aliphatic rings. The highest BCUT2D eigenvalue weighted by molar-refractivity contribution is 5.20. The van der Waals surface area contributed by atoms with E-state index in [-0.39, 0.29) is 6.04 Å². The van der Waals surface area contributed by atoms with Crippen molar-refractivity contribution < 1.29 is 4.74 Å². The van der Waals surface area contributed by atoms with E-state index in [9.17, 15) is 0 Å². The summed E-state index contributed by atoms with van der Waals surface area (Å²) in [6.07, 6.45) is 0. The van der Waals surface area contributed by atoms with Gasteiger partial charge in [0.25, 0.3) is 0 Å². The zero-order chi connectivity index (χ0) is 12.8. The Morgan fingerprint density at radius 2 is 1.94 bits per heavy atom. The second-order valence-electron chi connectivity index (χ2n) is 4.77.